The maximum Gasteiger partial charge on any atom is 0.293 e. The van der Waals surface area contributed by atoms with E-state index in [1.54, 1.807) is 6.07 Å². The first kappa shape index (κ1) is 10.9. The lowest BCUT2D eigenvalue weighted by atomic mass is 10.0. The molecule has 0 bridgehead atoms. The van der Waals surface area contributed by atoms with E-state index < -0.39 is 5.54 Å². The molecule has 1 unspecified atom stereocenters. The molecule has 5 heteroatoms. The van der Waals surface area contributed by atoms with E-state index in [1.165, 1.54) is 0 Å². The summed E-state index contributed by atoms with van der Waals surface area (Å²) in [4.78, 5) is 4.24. The van der Waals surface area contributed by atoms with Crippen LogP contribution < -0.4 is 5.73 Å². The van der Waals surface area contributed by atoms with Crippen LogP contribution in [-0.2, 0) is 5.54 Å². The molecule has 2 heterocycles. The lowest BCUT2D eigenvalue weighted by Crippen LogP contribution is -2.33. The van der Waals surface area contributed by atoms with Crippen molar-refractivity contribution in [1.82, 2.24) is 10.1 Å². The zero-order chi connectivity index (χ0) is 11.8. The summed E-state index contributed by atoms with van der Waals surface area (Å²) in [6, 6.07) is 3.65. The van der Waals surface area contributed by atoms with Crippen molar-refractivity contribution in [3.63, 3.8) is 0 Å². The zero-order valence-corrected chi connectivity index (χ0v) is 9.65. The molecule has 1 atom stereocenters. The van der Waals surface area contributed by atoms with Crippen molar-refractivity contribution in [2.45, 2.75) is 32.7 Å². The van der Waals surface area contributed by atoms with E-state index in [-0.39, 0.29) is 0 Å². The van der Waals surface area contributed by atoms with Gasteiger partial charge in [-0.15, -0.1) is 0 Å². The van der Waals surface area contributed by atoms with Gasteiger partial charge in [0.2, 0.25) is 0 Å². The molecule has 2 rings (SSSR count). The molecule has 2 aromatic heterocycles. The molecule has 0 aliphatic heterocycles. The number of aryl methyl sites for hydroxylation is 1. The predicted molar refractivity (Wildman–Crippen MR) is 58.6 cm³/mol. The van der Waals surface area contributed by atoms with Crippen molar-refractivity contribution in [1.29, 1.82) is 0 Å². The van der Waals surface area contributed by atoms with Crippen LogP contribution in [-0.4, -0.2) is 10.1 Å². The van der Waals surface area contributed by atoms with Gasteiger partial charge in [-0.25, -0.2) is 0 Å². The molecule has 0 aliphatic carbocycles. The number of hydrogen-bond donors (Lipinski definition) is 1. The maximum atomic E-state index is 6.02. The summed E-state index contributed by atoms with van der Waals surface area (Å²) in [5, 5.41) is 3.87. The summed E-state index contributed by atoms with van der Waals surface area (Å²) < 4.78 is 10.5. The number of aromatic nitrogens is 2. The van der Waals surface area contributed by atoms with Crippen molar-refractivity contribution in [3.05, 3.63) is 23.7 Å². The molecule has 0 aromatic carbocycles. The number of rotatable bonds is 3. The van der Waals surface area contributed by atoms with Gasteiger partial charge in [0.1, 0.15) is 5.76 Å². The Morgan fingerprint density at radius 2 is 2.19 bits per heavy atom. The fraction of sp³-hybridized carbons (Fsp3) is 0.455. The van der Waals surface area contributed by atoms with E-state index in [9.17, 15) is 0 Å². The van der Waals surface area contributed by atoms with Crippen molar-refractivity contribution in [3.8, 4) is 11.7 Å². The Hall–Kier alpha value is -1.62. The minimum absolute atomic E-state index is 0.369. The lowest BCUT2D eigenvalue weighted by Gasteiger charge is -2.16. The summed E-state index contributed by atoms with van der Waals surface area (Å²) in [5.74, 6) is 2.25. The SMILES string of the molecule is CCC(C)(N)c1noc(-c2ccc(C)o2)n1. The van der Waals surface area contributed by atoms with Crippen molar-refractivity contribution in [2.75, 3.05) is 0 Å². The number of furan rings is 1. The van der Waals surface area contributed by atoms with Crippen LogP contribution in [0.4, 0.5) is 0 Å². The highest BCUT2D eigenvalue weighted by atomic mass is 16.5. The molecule has 0 amide bonds. The Morgan fingerprint density at radius 3 is 2.75 bits per heavy atom. The molecule has 0 saturated heterocycles. The maximum absolute atomic E-state index is 6.02. The second-order valence-electron chi connectivity index (χ2n) is 4.10. The van der Waals surface area contributed by atoms with Crippen molar-refractivity contribution in [2.24, 2.45) is 5.73 Å². The topological polar surface area (TPSA) is 78.1 Å². The van der Waals surface area contributed by atoms with Crippen LogP contribution in [0.3, 0.4) is 0 Å². The summed E-state index contributed by atoms with van der Waals surface area (Å²) in [7, 11) is 0. The Kier molecular flexibility index (Phi) is 2.55. The largest absolute Gasteiger partial charge is 0.456 e. The van der Waals surface area contributed by atoms with Crippen LogP contribution in [0.1, 0.15) is 31.9 Å². The highest BCUT2D eigenvalue weighted by Crippen LogP contribution is 2.24. The summed E-state index contributed by atoms with van der Waals surface area (Å²) in [6.07, 6.45) is 0.739. The van der Waals surface area contributed by atoms with Gasteiger partial charge in [0.25, 0.3) is 5.89 Å². The molecule has 16 heavy (non-hydrogen) atoms. The van der Waals surface area contributed by atoms with Crippen LogP contribution in [0.15, 0.2) is 21.1 Å². The molecule has 0 radical (unpaired) electrons. The number of hydrogen-bond acceptors (Lipinski definition) is 5. The Morgan fingerprint density at radius 1 is 1.44 bits per heavy atom. The number of nitrogens with two attached hydrogens (primary N) is 1. The monoisotopic (exact) mass is 221 g/mol. The fourth-order valence-corrected chi connectivity index (χ4v) is 1.26. The summed E-state index contributed by atoms with van der Waals surface area (Å²) in [6.45, 7) is 5.71. The third-order valence-electron chi connectivity index (χ3n) is 2.62. The molecule has 2 aromatic rings. The van der Waals surface area contributed by atoms with E-state index in [0.717, 1.165) is 12.2 Å². The van der Waals surface area contributed by atoms with E-state index in [4.69, 9.17) is 14.7 Å². The van der Waals surface area contributed by atoms with Crippen LogP contribution in [0.5, 0.6) is 0 Å². The van der Waals surface area contributed by atoms with E-state index >= 15 is 0 Å². The first-order chi connectivity index (χ1) is 7.53. The third-order valence-corrected chi connectivity index (χ3v) is 2.62. The fourth-order valence-electron chi connectivity index (χ4n) is 1.26. The Bertz CT molecular complexity index is 485. The highest BCUT2D eigenvalue weighted by molar-refractivity contribution is 5.44. The average Bonchev–Trinajstić information content (AvgIpc) is 2.85. The first-order valence-electron chi connectivity index (χ1n) is 5.23. The van der Waals surface area contributed by atoms with Crippen LogP contribution in [0.25, 0.3) is 11.7 Å². The van der Waals surface area contributed by atoms with E-state index in [0.29, 0.717) is 17.5 Å². The van der Waals surface area contributed by atoms with Gasteiger partial charge in [-0.3, -0.25) is 0 Å². The summed E-state index contributed by atoms with van der Waals surface area (Å²) >= 11 is 0. The standard InChI is InChI=1S/C11H15N3O2/c1-4-11(3,12)10-13-9(16-14-10)8-6-5-7(2)15-8/h5-6H,4,12H2,1-3H3. The molecular formula is C11H15N3O2. The Labute approximate surface area is 93.6 Å². The van der Waals surface area contributed by atoms with Gasteiger partial charge in [0.15, 0.2) is 11.6 Å². The van der Waals surface area contributed by atoms with Gasteiger partial charge in [-0.1, -0.05) is 12.1 Å². The minimum Gasteiger partial charge on any atom is -0.456 e. The second-order valence-corrected chi connectivity index (χ2v) is 4.10. The average molecular weight is 221 g/mol. The molecule has 86 valence electrons. The second kappa shape index (κ2) is 3.75. The van der Waals surface area contributed by atoms with Crippen molar-refractivity contribution < 1.29 is 8.94 Å². The third kappa shape index (κ3) is 1.86. The smallest absolute Gasteiger partial charge is 0.293 e. The van der Waals surface area contributed by atoms with Gasteiger partial charge in [0.05, 0.1) is 5.54 Å². The molecular weight excluding hydrogens is 206 g/mol. The van der Waals surface area contributed by atoms with Gasteiger partial charge in [0, 0.05) is 0 Å². The first-order valence-corrected chi connectivity index (χ1v) is 5.23. The summed E-state index contributed by atoms with van der Waals surface area (Å²) in [5.41, 5.74) is 5.45. The van der Waals surface area contributed by atoms with Crippen LogP contribution in [0.2, 0.25) is 0 Å². The highest BCUT2D eigenvalue weighted by Gasteiger charge is 2.26. The normalized spacial score (nSPS) is 15.0. The van der Waals surface area contributed by atoms with Crippen LogP contribution >= 0.6 is 0 Å². The van der Waals surface area contributed by atoms with E-state index in [1.807, 2.05) is 26.8 Å². The molecule has 0 aliphatic rings. The number of nitrogens with zero attached hydrogens (tertiary/aromatic N) is 2. The molecule has 5 nitrogen and oxygen atoms in total. The Balaban J connectivity index is 2.33. The molecule has 0 spiro atoms. The van der Waals surface area contributed by atoms with Gasteiger partial charge < -0.3 is 14.7 Å². The van der Waals surface area contributed by atoms with Crippen LogP contribution in [0, 0.1) is 6.92 Å². The molecule has 2 N–H and O–H groups in total. The van der Waals surface area contributed by atoms with Gasteiger partial charge in [-0.2, -0.15) is 4.98 Å². The van der Waals surface area contributed by atoms with Crippen molar-refractivity contribution >= 4 is 0 Å². The van der Waals surface area contributed by atoms with Gasteiger partial charge in [-0.05, 0) is 32.4 Å². The molecule has 0 saturated carbocycles. The lowest BCUT2D eigenvalue weighted by molar-refractivity contribution is 0.373. The predicted octanol–water partition coefficient (Wildman–Crippen LogP) is 2.22. The minimum atomic E-state index is -0.566. The van der Waals surface area contributed by atoms with Gasteiger partial charge >= 0.3 is 0 Å². The molecule has 0 fully saturated rings. The quantitative estimate of drug-likeness (QED) is 0.859. The van der Waals surface area contributed by atoms with E-state index in [2.05, 4.69) is 10.1 Å². The zero-order valence-electron chi connectivity index (χ0n) is 9.65.